The summed E-state index contributed by atoms with van der Waals surface area (Å²) in [4.78, 5) is 12.6. The fraction of sp³-hybridized carbons (Fsp3) is 0.938. The molecule has 3 fully saturated rings. The molecule has 0 aromatic carbocycles. The van der Waals surface area contributed by atoms with Gasteiger partial charge in [-0.25, -0.2) is 0 Å². The van der Waals surface area contributed by atoms with Gasteiger partial charge in [-0.1, -0.05) is 0 Å². The summed E-state index contributed by atoms with van der Waals surface area (Å²) in [6.07, 6.45) is 13.5. The second-order valence-corrected chi connectivity index (χ2v) is 9.61. The summed E-state index contributed by atoms with van der Waals surface area (Å²) in [5.41, 5.74) is -0.105. The molecule has 1 atom stereocenters. The van der Waals surface area contributed by atoms with Gasteiger partial charge in [-0.2, -0.15) is 0 Å². The minimum absolute atomic E-state index is 0.0836. The summed E-state index contributed by atoms with van der Waals surface area (Å²) in [5.74, 6) is 0.714. The molecule has 1 saturated heterocycles. The second-order valence-electron chi connectivity index (χ2n) is 6.69. The molecule has 3 nitrogen and oxygen atoms in total. The van der Waals surface area contributed by atoms with Crippen molar-refractivity contribution in [3.05, 3.63) is 0 Å². The van der Waals surface area contributed by atoms with Crippen LogP contribution in [0, 0.1) is 5.92 Å². The van der Waals surface area contributed by atoms with Crippen LogP contribution in [0.1, 0.15) is 77.6 Å². The first kappa shape index (κ1) is 15.1. The van der Waals surface area contributed by atoms with Crippen molar-refractivity contribution in [2.75, 3.05) is 0 Å². The third-order valence-electron chi connectivity index (χ3n) is 5.48. The van der Waals surface area contributed by atoms with Gasteiger partial charge < -0.3 is 0 Å². The van der Waals surface area contributed by atoms with Crippen molar-refractivity contribution >= 4 is 5.97 Å². The number of hydrogen-bond donors (Lipinski definition) is 1. The fourth-order valence-corrected chi connectivity index (χ4v) is 5.69. The third-order valence-corrected chi connectivity index (χ3v) is 8.52. The molecule has 0 spiro atoms. The van der Waals surface area contributed by atoms with Crippen LogP contribution in [0.3, 0.4) is 0 Å². The zero-order chi connectivity index (χ0) is 14.1. The first-order valence-corrected chi connectivity index (χ1v) is 10.5. The first-order valence-electron chi connectivity index (χ1n) is 8.36. The summed E-state index contributed by atoms with van der Waals surface area (Å²) in [6.45, 7) is 2.11. The molecule has 1 unspecified atom stereocenters. The van der Waals surface area contributed by atoms with Crippen LogP contribution in [-0.2, 0) is 9.53 Å². The second kappa shape index (κ2) is 6.11. The Morgan fingerprint density at radius 2 is 1.75 bits per heavy atom. The van der Waals surface area contributed by atoms with Crippen LogP contribution in [0.25, 0.3) is 0 Å². The fourth-order valence-electron chi connectivity index (χ4n) is 4.05. The van der Waals surface area contributed by atoms with Crippen LogP contribution in [0.15, 0.2) is 0 Å². The van der Waals surface area contributed by atoms with E-state index in [2.05, 4.69) is 10.5 Å². The Morgan fingerprint density at radius 3 is 2.30 bits per heavy atom. The van der Waals surface area contributed by atoms with Crippen molar-refractivity contribution < 1.29 is 31.0 Å². The molecule has 1 aliphatic heterocycles. The number of carbonyl (C=O) groups is 1. The maximum absolute atomic E-state index is 12.6. The molecule has 20 heavy (non-hydrogen) atoms. The van der Waals surface area contributed by atoms with E-state index in [1.807, 2.05) is 0 Å². The van der Waals surface area contributed by atoms with Crippen LogP contribution in [0.2, 0.25) is 0 Å². The predicted octanol–water partition coefficient (Wildman–Crippen LogP) is 0.526. The van der Waals surface area contributed by atoms with Gasteiger partial charge >= 0.3 is 133 Å². The molecule has 0 radical (unpaired) electrons. The molecule has 1 N–H and O–H groups in total. The van der Waals surface area contributed by atoms with E-state index in [0.717, 1.165) is 19.3 Å². The summed E-state index contributed by atoms with van der Waals surface area (Å²) >= 11 is -0.148. The number of esters is 1. The van der Waals surface area contributed by atoms with Gasteiger partial charge in [0.25, 0.3) is 0 Å². The molecule has 0 aromatic rings. The summed E-state index contributed by atoms with van der Waals surface area (Å²) in [6, 6.07) is 0. The molecule has 0 aromatic heterocycles. The number of nitrogens with one attached hydrogen (secondary N) is 1. The van der Waals surface area contributed by atoms with Gasteiger partial charge in [0.15, 0.2) is 0 Å². The molecule has 116 valence electrons. The van der Waals surface area contributed by atoms with E-state index in [1.165, 1.54) is 51.4 Å². The standard InChI is InChI=1S/C16H27INO2/c1-2-16(17-18-16)14(19)20-15(11-7-4-8-12-15)13-9-5-3-6-10-13/h13,18H,2-12H2,1H3/q-1. The van der Waals surface area contributed by atoms with Crippen molar-refractivity contribution in [3.8, 4) is 0 Å². The Labute approximate surface area is 133 Å². The van der Waals surface area contributed by atoms with Crippen molar-refractivity contribution in [3.63, 3.8) is 0 Å². The van der Waals surface area contributed by atoms with Crippen molar-refractivity contribution in [1.29, 1.82) is 0 Å². The van der Waals surface area contributed by atoms with Crippen LogP contribution < -0.4 is 25.0 Å². The molecular weight excluding hydrogens is 365 g/mol. The average Bonchev–Trinajstić information content (AvgIpc) is 3.30. The maximum atomic E-state index is 12.6. The number of hydrogen-bond acceptors (Lipinski definition) is 3. The van der Waals surface area contributed by atoms with Crippen LogP contribution in [-0.4, -0.2) is 15.1 Å². The van der Waals surface area contributed by atoms with Gasteiger partial charge in [-0.05, 0) is 0 Å². The number of rotatable bonds is 4. The zero-order valence-corrected chi connectivity index (χ0v) is 14.7. The SMILES string of the molecule is CCC1(C(=O)OC2(C3CCCCC3)CCCCC2)N[I-]1. The molecule has 0 bridgehead atoms. The van der Waals surface area contributed by atoms with Gasteiger partial charge in [0.05, 0.1) is 0 Å². The van der Waals surface area contributed by atoms with E-state index in [4.69, 9.17) is 4.74 Å². The van der Waals surface area contributed by atoms with E-state index >= 15 is 0 Å². The van der Waals surface area contributed by atoms with Crippen LogP contribution in [0.5, 0.6) is 0 Å². The molecule has 2 saturated carbocycles. The molecule has 2 aliphatic carbocycles. The molecule has 4 heteroatoms. The van der Waals surface area contributed by atoms with Crippen LogP contribution in [0.4, 0.5) is 0 Å². The van der Waals surface area contributed by atoms with E-state index < -0.39 is 0 Å². The Bertz CT molecular complexity index is 355. The topological polar surface area (TPSA) is 48.2 Å². The Balaban J connectivity index is 1.73. The van der Waals surface area contributed by atoms with E-state index in [-0.39, 0.29) is 36.6 Å². The number of carbonyl (C=O) groups excluding carboxylic acids is 1. The molecule has 3 aliphatic rings. The average molecular weight is 392 g/mol. The number of ether oxygens (including phenoxy) is 1. The normalized spacial score (nSPS) is 34.0. The first-order chi connectivity index (χ1) is 9.71. The zero-order valence-electron chi connectivity index (χ0n) is 12.5. The predicted molar refractivity (Wildman–Crippen MR) is 74.6 cm³/mol. The summed E-state index contributed by atoms with van der Waals surface area (Å²) in [5, 5.41) is 0. The Morgan fingerprint density at radius 1 is 1.15 bits per heavy atom. The van der Waals surface area contributed by atoms with Crippen molar-refractivity contribution in [2.45, 2.75) is 86.7 Å². The molecular formula is C16H27INO2-. The van der Waals surface area contributed by atoms with Gasteiger partial charge in [0.1, 0.15) is 0 Å². The van der Waals surface area contributed by atoms with Gasteiger partial charge in [0, 0.05) is 0 Å². The number of halogens is 1. The molecule has 3 rings (SSSR count). The van der Waals surface area contributed by atoms with Gasteiger partial charge in [0.2, 0.25) is 0 Å². The summed E-state index contributed by atoms with van der Waals surface area (Å²) in [7, 11) is 0. The minimum atomic E-state index is -0.224. The molecule has 1 heterocycles. The van der Waals surface area contributed by atoms with Crippen LogP contribution >= 0.6 is 0 Å². The van der Waals surface area contributed by atoms with E-state index in [0.29, 0.717) is 5.92 Å². The van der Waals surface area contributed by atoms with E-state index in [1.54, 1.807) is 0 Å². The Kier molecular flexibility index (Phi) is 4.60. The van der Waals surface area contributed by atoms with Crippen molar-refractivity contribution in [2.24, 2.45) is 5.92 Å². The number of alkyl halides is 1. The monoisotopic (exact) mass is 392 g/mol. The quantitative estimate of drug-likeness (QED) is 0.190. The molecule has 0 amide bonds. The van der Waals surface area contributed by atoms with Gasteiger partial charge in [-0.3, -0.25) is 0 Å². The van der Waals surface area contributed by atoms with E-state index in [9.17, 15) is 4.79 Å². The summed E-state index contributed by atoms with van der Waals surface area (Å²) < 4.78 is 9.38. The van der Waals surface area contributed by atoms with Gasteiger partial charge in [-0.15, -0.1) is 0 Å². The Hall–Kier alpha value is 0.160. The van der Waals surface area contributed by atoms with Crippen molar-refractivity contribution in [1.82, 2.24) is 3.53 Å². The third kappa shape index (κ3) is 2.87.